The van der Waals surface area contributed by atoms with Gasteiger partial charge in [0.25, 0.3) is 0 Å². The lowest BCUT2D eigenvalue weighted by Gasteiger charge is -2.29. The second kappa shape index (κ2) is 4.58. The zero-order valence-corrected chi connectivity index (χ0v) is 10.5. The van der Waals surface area contributed by atoms with E-state index in [0.717, 1.165) is 11.8 Å². The summed E-state index contributed by atoms with van der Waals surface area (Å²) >= 11 is 2.07. The van der Waals surface area contributed by atoms with Gasteiger partial charge < -0.3 is 5.32 Å². The van der Waals surface area contributed by atoms with Gasteiger partial charge in [0.2, 0.25) is 0 Å². The van der Waals surface area contributed by atoms with Gasteiger partial charge in [0.1, 0.15) is 0 Å². The van der Waals surface area contributed by atoms with Crippen LogP contribution in [0.4, 0.5) is 0 Å². The molecule has 1 aliphatic heterocycles. The van der Waals surface area contributed by atoms with Crippen LogP contribution in [0.5, 0.6) is 0 Å². The molecule has 0 bridgehead atoms. The Bertz CT molecular complexity index is 340. The van der Waals surface area contributed by atoms with Gasteiger partial charge in [-0.15, -0.1) is 0 Å². The molecule has 2 heteroatoms. The van der Waals surface area contributed by atoms with Crippen LogP contribution >= 0.6 is 11.8 Å². The lowest BCUT2D eigenvalue weighted by Crippen LogP contribution is -2.34. The van der Waals surface area contributed by atoms with E-state index in [4.69, 9.17) is 0 Å². The van der Waals surface area contributed by atoms with Crippen LogP contribution < -0.4 is 5.32 Å². The normalized spacial score (nSPS) is 26.6. The molecule has 1 nitrogen and oxygen atoms in total. The molecular formula is C13H19NS. The molecule has 0 radical (unpaired) electrons. The molecule has 0 saturated carbocycles. The van der Waals surface area contributed by atoms with Gasteiger partial charge in [-0.25, -0.2) is 0 Å². The topological polar surface area (TPSA) is 12.0 Å². The Balaban J connectivity index is 2.18. The van der Waals surface area contributed by atoms with E-state index < -0.39 is 0 Å². The number of hydrogen-bond acceptors (Lipinski definition) is 2. The smallest absolute Gasteiger partial charge is 0.0415 e. The fourth-order valence-electron chi connectivity index (χ4n) is 2.02. The maximum atomic E-state index is 3.63. The van der Waals surface area contributed by atoms with E-state index in [1.807, 2.05) is 0 Å². The molecule has 0 aliphatic carbocycles. The van der Waals surface area contributed by atoms with Gasteiger partial charge in [-0.05, 0) is 25.0 Å². The van der Waals surface area contributed by atoms with Crippen molar-refractivity contribution in [1.82, 2.24) is 5.32 Å². The molecule has 1 aliphatic rings. The first-order chi connectivity index (χ1) is 7.16. The van der Waals surface area contributed by atoms with E-state index in [1.165, 1.54) is 22.4 Å². The van der Waals surface area contributed by atoms with Gasteiger partial charge in [0.15, 0.2) is 0 Å². The summed E-state index contributed by atoms with van der Waals surface area (Å²) in [5.74, 6) is 1.20. The third-order valence-electron chi connectivity index (χ3n) is 3.01. The molecule has 1 saturated heterocycles. The van der Waals surface area contributed by atoms with Crippen molar-refractivity contribution in [2.24, 2.45) is 0 Å². The Morgan fingerprint density at radius 3 is 2.80 bits per heavy atom. The van der Waals surface area contributed by atoms with Crippen molar-refractivity contribution >= 4 is 11.8 Å². The molecule has 0 amide bonds. The van der Waals surface area contributed by atoms with Crippen LogP contribution in [0.15, 0.2) is 18.2 Å². The van der Waals surface area contributed by atoms with E-state index in [1.54, 1.807) is 0 Å². The summed E-state index contributed by atoms with van der Waals surface area (Å²) in [4.78, 5) is 0. The van der Waals surface area contributed by atoms with Crippen molar-refractivity contribution in [3.63, 3.8) is 0 Å². The van der Waals surface area contributed by atoms with Crippen LogP contribution in [-0.2, 0) is 0 Å². The quantitative estimate of drug-likeness (QED) is 0.782. The van der Waals surface area contributed by atoms with E-state index in [0.29, 0.717) is 6.04 Å². The number of hydrogen-bond donors (Lipinski definition) is 1. The van der Waals surface area contributed by atoms with E-state index in [9.17, 15) is 0 Å². The molecule has 0 aromatic heterocycles. The van der Waals surface area contributed by atoms with Crippen molar-refractivity contribution in [3.8, 4) is 0 Å². The average Bonchev–Trinajstić information content (AvgIpc) is 2.23. The van der Waals surface area contributed by atoms with E-state index in [2.05, 4.69) is 56.0 Å². The summed E-state index contributed by atoms with van der Waals surface area (Å²) in [7, 11) is 0. The molecule has 1 aromatic carbocycles. The third kappa shape index (κ3) is 2.56. The first-order valence-corrected chi connectivity index (χ1v) is 6.64. The highest BCUT2D eigenvalue weighted by Crippen LogP contribution is 2.28. The Kier molecular flexibility index (Phi) is 3.37. The third-order valence-corrected chi connectivity index (χ3v) is 4.27. The number of rotatable bonds is 1. The molecular weight excluding hydrogens is 202 g/mol. The fourth-order valence-corrected chi connectivity index (χ4v) is 3.05. The molecule has 1 heterocycles. The largest absolute Gasteiger partial charge is 0.308 e. The van der Waals surface area contributed by atoms with Gasteiger partial charge in [0.05, 0.1) is 0 Å². The second-order valence-corrected chi connectivity index (χ2v) is 5.94. The highest BCUT2D eigenvalue weighted by Gasteiger charge is 2.20. The molecule has 2 unspecified atom stereocenters. The van der Waals surface area contributed by atoms with Crippen molar-refractivity contribution in [2.75, 3.05) is 12.3 Å². The van der Waals surface area contributed by atoms with Crippen molar-refractivity contribution in [3.05, 3.63) is 34.9 Å². The molecule has 1 fully saturated rings. The van der Waals surface area contributed by atoms with E-state index >= 15 is 0 Å². The Morgan fingerprint density at radius 1 is 1.33 bits per heavy atom. The van der Waals surface area contributed by atoms with Crippen LogP contribution in [0.2, 0.25) is 0 Å². The minimum atomic E-state index is 0.547. The monoisotopic (exact) mass is 221 g/mol. The zero-order chi connectivity index (χ0) is 10.8. The molecule has 15 heavy (non-hydrogen) atoms. The minimum absolute atomic E-state index is 0.547. The summed E-state index contributed by atoms with van der Waals surface area (Å²) in [6.45, 7) is 7.79. The van der Waals surface area contributed by atoms with Crippen LogP contribution in [-0.4, -0.2) is 17.5 Å². The van der Waals surface area contributed by atoms with Crippen LogP contribution in [0, 0.1) is 13.8 Å². The zero-order valence-electron chi connectivity index (χ0n) is 9.71. The minimum Gasteiger partial charge on any atom is -0.308 e. The van der Waals surface area contributed by atoms with Crippen molar-refractivity contribution < 1.29 is 0 Å². The molecule has 0 spiro atoms. The predicted molar refractivity (Wildman–Crippen MR) is 68.6 cm³/mol. The maximum absolute atomic E-state index is 3.63. The fraction of sp³-hybridized carbons (Fsp3) is 0.538. The number of nitrogens with one attached hydrogen (secondary N) is 1. The van der Waals surface area contributed by atoms with E-state index in [-0.39, 0.29) is 0 Å². The van der Waals surface area contributed by atoms with Gasteiger partial charge in [-0.2, -0.15) is 11.8 Å². The SMILES string of the molecule is Cc1ccc(C)c(C2CSC(C)CN2)c1. The van der Waals surface area contributed by atoms with Crippen LogP contribution in [0.25, 0.3) is 0 Å². The number of thioether (sulfide) groups is 1. The summed E-state index contributed by atoms with van der Waals surface area (Å²) in [5, 5.41) is 4.39. The van der Waals surface area contributed by atoms with Gasteiger partial charge in [-0.1, -0.05) is 30.7 Å². The van der Waals surface area contributed by atoms with Crippen molar-refractivity contribution in [2.45, 2.75) is 32.1 Å². The summed E-state index contributed by atoms with van der Waals surface area (Å²) in [6, 6.07) is 7.29. The van der Waals surface area contributed by atoms with Gasteiger partial charge >= 0.3 is 0 Å². The average molecular weight is 221 g/mol. The van der Waals surface area contributed by atoms with Crippen LogP contribution in [0.3, 0.4) is 0 Å². The maximum Gasteiger partial charge on any atom is 0.0415 e. The highest BCUT2D eigenvalue weighted by atomic mass is 32.2. The van der Waals surface area contributed by atoms with Crippen LogP contribution in [0.1, 0.15) is 29.7 Å². The Hall–Kier alpha value is -0.470. The Labute approximate surface area is 96.7 Å². The molecule has 82 valence electrons. The molecule has 1 aromatic rings. The summed E-state index contributed by atoms with van der Waals surface area (Å²) in [5.41, 5.74) is 4.25. The standard InChI is InChI=1S/C13H19NS/c1-9-4-5-10(2)12(6-9)13-8-15-11(3)7-14-13/h4-6,11,13-14H,7-8H2,1-3H3. The lowest BCUT2D eigenvalue weighted by molar-refractivity contribution is 0.561. The van der Waals surface area contributed by atoms with Gasteiger partial charge in [0, 0.05) is 23.6 Å². The highest BCUT2D eigenvalue weighted by molar-refractivity contribution is 8.00. The summed E-state index contributed by atoms with van der Waals surface area (Å²) < 4.78 is 0. The van der Waals surface area contributed by atoms with Crippen molar-refractivity contribution in [1.29, 1.82) is 0 Å². The summed E-state index contributed by atoms with van der Waals surface area (Å²) in [6.07, 6.45) is 0. The Morgan fingerprint density at radius 2 is 2.13 bits per heavy atom. The lowest BCUT2D eigenvalue weighted by atomic mass is 10.00. The molecule has 1 N–H and O–H groups in total. The number of benzene rings is 1. The van der Waals surface area contributed by atoms with Gasteiger partial charge in [-0.3, -0.25) is 0 Å². The first-order valence-electron chi connectivity index (χ1n) is 5.59. The predicted octanol–water partition coefficient (Wildman–Crippen LogP) is 3.07. The first kappa shape index (κ1) is 11.0. The molecule has 2 rings (SSSR count). The number of aryl methyl sites for hydroxylation is 2. The molecule has 2 atom stereocenters. The second-order valence-electron chi connectivity index (χ2n) is 4.46.